The molecule has 0 bridgehead atoms. The zero-order valence-corrected chi connectivity index (χ0v) is 11.9. The molecule has 0 unspecified atom stereocenters. The minimum atomic E-state index is -1.31. The topological polar surface area (TPSA) is 91.3 Å². The molecule has 0 saturated heterocycles. The van der Waals surface area contributed by atoms with Gasteiger partial charge in [-0.25, -0.2) is 4.79 Å². The molecule has 2 rings (SSSR count). The first kappa shape index (κ1) is 15.2. The number of para-hydroxylation sites is 1. The molecule has 0 saturated carbocycles. The predicted molar refractivity (Wildman–Crippen MR) is 82.9 cm³/mol. The summed E-state index contributed by atoms with van der Waals surface area (Å²) in [5.74, 6) is -2.01. The molecule has 0 aliphatic heterocycles. The van der Waals surface area contributed by atoms with Crippen LogP contribution in [0.4, 0.5) is 5.69 Å². The molecular formula is C16H15N3O3. The number of rotatable bonds is 5. The Labute approximate surface area is 127 Å². The molecule has 0 aliphatic rings. The Bertz CT molecular complexity index is 697. The van der Waals surface area contributed by atoms with Crippen LogP contribution >= 0.6 is 0 Å². The van der Waals surface area contributed by atoms with Gasteiger partial charge in [0.15, 0.2) is 0 Å². The second kappa shape index (κ2) is 7.03. The number of carbonyl (C=O) groups excluding carboxylic acids is 1. The normalized spacial score (nSPS) is 11.3. The minimum absolute atomic E-state index is 0.225. The number of nitrogens with zero attached hydrogens (tertiary/aromatic N) is 1. The van der Waals surface area contributed by atoms with Crippen LogP contribution in [0.25, 0.3) is 5.70 Å². The van der Waals surface area contributed by atoms with Crippen LogP contribution in [0.5, 0.6) is 0 Å². The van der Waals surface area contributed by atoms with Crippen LogP contribution in [-0.2, 0) is 9.59 Å². The third kappa shape index (κ3) is 3.49. The van der Waals surface area contributed by atoms with E-state index in [9.17, 15) is 14.7 Å². The van der Waals surface area contributed by atoms with Gasteiger partial charge in [-0.05, 0) is 24.3 Å². The van der Waals surface area contributed by atoms with Crippen molar-refractivity contribution in [1.82, 2.24) is 10.3 Å². The van der Waals surface area contributed by atoms with E-state index in [1.807, 2.05) is 0 Å². The van der Waals surface area contributed by atoms with Crippen molar-refractivity contribution in [2.45, 2.75) is 0 Å². The molecule has 1 aromatic heterocycles. The summed E-state index contributed by atoms with van der Waals surface area (Å²) < 4.78 is 0. The lowest BCUT2D eigenvalue weighted by atomic mass is 10.1. The molecule has 6 heteroatoms. The zero-order valence-electron chi connectivity index (χ0n) is 11.9. The molecule has 0 radical (unpaired) electrons. The Hall–Kier alpha value is -3.15. The standard InChI is InChI=1S/C16H15N3O3/c1-17-14(11-7-9-18-10-8-11)13(16(21)22)15(20)19-12-5-3-2-4-6-12/h2-10,17H,1H3,(H,19,20)(H,21,22)/b14-13+. The molecule has 112 valence electrons. The lowest BCUT2D eigenvalue weighted by molar-refractivity contribution is -0.134. The second-order valence-electron chi connectivity index (χ2n) is 4.36. The van der Waals surface area contributed by atoms with Gasteiger partial charge < -0.3 is 15.7 Å². The Balaban J connectivity index is 2.42. The molecule has 22 heavy (non-hydrogen) atoms. The van der Waals surface area contributed by atoms with Gasteiger partial charge in [-0.3, -0.25) is 9.78 Å². The summed E-state index contributed by atoms with van der Waals surface area (Å²) >= 11 is 0. The Morgan fingerprint density at radius 1 is 1.05 bits per heavy atom. The number of nitrogens with one attached hydrogen (secondary N) is 2. The number of amides is 1. The summed E-state index contributed by atoms with van der Waals surface area (Å²) in [5.41, 5.74) is 0.954. The van der Waals surface area contributed by atoms with E-state index in [4.69, 9.17) is 0 Å². The largest absolute Gasteiger partial charge is 0.477 e. The van der Waals surface area contributed by atoms with Crippen molar-refractivity contribution in [2.75, 3.05) is 12.4 Å². The van der Waals surface area contributed by atoms with E-state index >= 15 is 0 Å². The average molecular weight is 297 g/mol. The van der Waals surface area contributed by atoms with Gasteiger partial charge in [-0.1, -0.05) is 18.2 Å². The Morgan fingerprint density at radius 3 is 2.23 bits per heavy atom. The van der Waals surface area contributed by atoms with Crippen molar-refractivity contribution in [3.63, 3.8) is 0 Å². The molecule has 0 fully saturated rings. The minimum Gasteiger partial charge on any atom is -0.477 e. The van der Waals surface area contributed by atoms with E-state index < -0.39 is 11.9 Å². The average Bonchev–Trinajstić information content (AvgIpc) is 2.53. The van der Waals surface area contributed by atoms with Crippen LogP contribution in [0.15, 0.2) is 60.4 Å². The maximum atomic E-state index is 12.3. The van der Waals surface area contributed by atoms with Crippen molar-refractivity contribution in [3.8, 4) is 0 Å². The van der Waals surface area contributed by atoms with Crippen LogP contribution in [0.1, 0.15) is 5.56 Å². The van der Waals surface area contributed by atoms with Gasteiger partial charge in [0.1, 0.15) is 5.57 Å². The predicted octanol–water partition coefficient (Wildman–Crippen LogP) is 1.74. The Morgan fingerprint density at radius 2 is 1.68 bits per heavy atom. The van der Waals surface area contributed by atoms with E-state index in [1.54, 1.807) is 49.5 Å². The van der Waals surface area contributed by atoms with Gasteiger partial charge in [0.2, 0.25) is 0 Å². The molecule has 3 N–H and O–H groups in total. The van der Waals surface area contributed by atoms with Gasteiger partial charge >= 0.3 is 5.97 Å². The van der Waals surface area contributed by atoms with Gasteiger partial charge in [-0.2, -0.15) is 0 Å². The van der Waals surface area contributed by atoms with Gasteiger partial charge in [0, 0.05) is 30.7 Å². The highest BCUT2D eigenvalue weighted by Crippen LogP contribution is 2.17. The first-order valence-electron chi connectivity index (χ1n) is 6.55. The summed E-state index contributed by atoms with van der Waals surface area (Å²) in [6, 6.07) is 11.9. The third-order valence-corrected chi connectivity index (χ3v) is 2.94. The summed E-state index contributed by atoms with van der Waals surface area (Å²) in [4.78, 5) is 27.7. The zero-order chi connectivity index (χ0) is 15.9. The van der Waals surface area contributed by atoms with E-state index in [0.29, 0.717) is 11.3 Å². The lowest BCUT2D eigenvalue weighted by Gasteiger charge is -2.12. The highest BCUT2D eigenvalue weighted by Gasteiger charge is 2.23. The number of carboxylic acids is 1. The van der Waals surface area contributed by atoms with Gasteiger partial charge in [-0.15, -0.1) is 0 Å². The number of carbonyl (C=O) groups is 2. The maximum absolute atomic E-state index is 12.3. The van der Waals surface area contributed by atoms with E-state index in [-0.39, 0.29) is 11.3 Å². The van der Waals surface area contributed by atoms with E-state index in [2.05, 4.69) is 15.6 Å². The van der Waals surface area contributed by atoms with Crippen molar-refractivity contribution < 1.29 is 14.7 Å². The molecule has 0 aliphatic carbocycles. The smallest absolute Gasteiger partial charge is 0.343 e. The van der Waals surface area contributed by atoms with E-state index in [1.165, 1.54) is 12.4 Å². The number of anilines is 1. The highest BCUT2D eigenvalue weighted by molar-refractivity contribution is 6.25. The monoisotopic (exact) mass is 297 g/mol. The van der Waals surface area contributed by atoms with Gasteiger partial charge in [0.25, 0.3) is 5.91 Å². The molecule has 1 heterocycles. The molecule has 1 amide bonds. The molecule has 0 spiro atoms. The summed E-state index contributed by atoms with van der Waals surface area (Å²) in [6.45, 7) is 0. The second-order valence-corrected chi connectivity index (χ2v) is 4.36. The summed E-state index contributed by atoms with van der Waals surface area (Å²) in [5, 5.41) is 14.8. The number of carboxylic acid groups (broad SMARTS) is 1. The third-order valence-electron chi connectivity index (χ3n) is 2.94. The quantitative estimate of drug-likeness (QED) is 0.444. The first-order valence-corrected chi connectivity index (χ1v) is 6.55. The van der Waals surface area contributed by atoms with Crippen LogP contribution in [0, 0.1) is 0 Å². The molecule has 2 aromatic rings. The number of hydrogen-bond acceptors (Lipinski definition) is 4. The van der Waals surface area contributed by atoms with Crippen molar-refractivity contribution in [1.29, 1.82) is 0 Å². The highest BCUT2D eigenvalue weighted by atomic mass is 16.4. The first-order chi connectivity index (χ1) is 10.6. The lowest BCUT2D eigenvalue weighted by Crippen LogP contribution is -2.25. The molecule has 0 atom stereocenters. The molecule has 1 aromatic carbocycles. The van der Waals surface area contributed by atoms with Crippen molar-refractivity contribution >= 4 is 23.3 Å². The Kier molecular flexibility index (Phi) is 4.87. The SMILES string of the molecule is CN/C(=C(/C(=O)O)C(=O)Nc1ccccc1)c1ccncc1. The fourth-order valence-electron chi connectivity index (χ4n) is 1.96. The maximum Gasteiger partial charge on any atom is 0.343 e. The van der Waals surface area contributed by atoms with Crippen LogP contribution in [0.3, 0.4) is 0 Å². The molecule has 6 nitrogen and oxygen atoms in total. The number of aliphatic carboxylic acids is 1. The number of benzene rings is 1. The summed E-state index contributed by atoms with van der Waals surface area (Å²) in [7, 11) is 1.56. The van der Waals surface area contributed by atoms with Crippen LogP contribution < -0.4 is 10.6 Å². The molecular weight excluding hydrogens is 282 g/mol. The van der Waals surface area contributed by atoms with Gasteiger partial charge in [0.05, 0.1) is 5.70 Å². The summed E-state index contributed by atoms with van der Waals surface area (Å²) in [6.07, 6.45) is 3.06. The van der Waals surface area contributed by atoms with Crippen molar-refractivity contribution in [3.05, 3.63) is 66.0 Å². The fourth-order valence-corrected chi connectivity index (χ4v) is 1.96. The number of pyridine rings is 1. The van der Waals surface area contributed by atoms with Crippen molar-refractivity contribution in [2.24, 2.45) is 0 Å². The number of hydrogen-bond donors (Lipinski definition) is 3. The van der Waals surface area contributed by atoms with Crippen LogP contribution in [-0.4, -0.2) is 29.0 Å². The van der Waals surface area contributed by atoms with E-state index in [0.717, 1.165) is 0 Å². The number of aromatic nitrogens is 1. The van der Waals surface area contributed by atoms with Crippen LogP contribution in [0.2, 0.25) is 0 Å². The fraction of sp³-hybridized carbons (Fsp3) is 0.0625.